The second-order valence-electron chi connectivity index (χ2n) is 8.68. The van der Waals surface area contributed by atoms with Crippen molar-refractivity contribution in [2.45, 2.75) is 0 Å². The fourth-order valence-electron chi connectivity index (χ4n) is 4.12. The van der Waals surface area contributed by atoms with Gasteiger partial charge in [-0.1, -0.05) is 0 Å². The largest absolute Gasteiger partial charge is 0.490 e. The lowest BCUT2D eigenvalue weighted by atomic mass is 10.2. The molecule has 0 atom stereocenters. The summed E-state index contributed by atoms with van der Waals surface area (Å²) < 4.78 is 17.1. The topological polar surface area (TPSA) is 141 Å². The van der Waals surface area contributed by atoms with Crippen LogP contribution in [0.25, 0.3) is 22.4 Å². The van der Waals surface area contributed by atoms with E-state index in [1.54, 1.807) is 54.9 Å². The third kappa shape index (κ3) is 5.71. The SMILES string of the molecule is COc1ccc(C(=O)Nc2ccc3[nH]c(-c4ccc(NC(=O)c5cc[n+](OC)cc5OC)cc4)nc3c2)c(OC)n1. The van der Waals surface area contributed by atoms with E-state index in [1.165, 1.54) is 33.2 Å². The number of aromatic amines is 1. The van der Waals surface area contributed by atoms with Gasteiger partial charge in [0.15, 0.2) is 0 Å². The van der Waals surface area contributed by atoms with Gasteiger partial charge >= 0.3 is 0 Å². The van der Waals surface area contributed by atoms with Gasteiger partial charge in [0, 0.05) is 33.8 Å². The van der Waals surface area contributed by atoms with E-state index in [-0.39, 0.29) is 23.3 Å². The molecule has 2 aromatic carbocycles. The van der Waals surface area contributed by atoms with Crippen molar-refractivity contribution in [2.24, 2.45) is 0 Å². The summed E-state index contributed by atoms with van der Waals surface area (Å²) in [6.07, 6.45) is 3.19. The molecule has 2 amide bonds. The maximum Gasteiger partial charge on any atom is 0.264 e. The Morgan fingerprint density at radius 2 is 1.51 bits per heavy atom. The number of imidazole rings is 1. The van der Waals surface area contributed by atoms with Crippen LogP contribution in [0.5, 0.6) is 17.5 Å². The first-order valence-electron chi connectivity index (χ1n) is 12.4. The smallest absolute Gasteiger partial charge is 0.264 e. The number of benzene rings is 2. The number of hydrogen-bond acceptors (Lipinski definition) is 8. The van der Waals surface area contributed by atoms with Crippen molar-refractivity contribution in [3.8, 4) is 28.9 Å². The molecule has 0 radical (unpaired) electrons. The highest BCUT2D eigenvalue weighted by molar-refractivity contribution is 6.07. The fraction of sp³-hybridized carbons (Fsp3) is 0.138. The number of nitrogens with one attached hydrogen (secondary N) is 3. The molecular formula is C29H27N6O6+. The summed E-state index contributed by atoms with van der Waals surface area (Å²) in [6, 6.07) is 17.4. The summed E-state index contributed by atoms with van der Waals surface area (Å²) >= 11 is 0. The van der Waals surface area contributed by atoms with Gasteiger partial charge in [-0.05, 0) is 48.5 Å². The van der Waals surface area contributed by atoms with Gasteiger partial charge in [0.05, 0.1) is 37.9 Å². The number of carbonyl (C=O) groups excluding carboxylic acids is 2. The van der Waals surface area contributed by atoms with Crippen molar-refractivity contribution in [1.29, 1.82) is 0 Å². The third-order valence-corrected chi connectivity index (χ3v) is 6.21. The highest BCUT2D eigenvalue weighted by atomic mass is 16.6. The zero-order valence-corrected chi connectivity index (χ0v) is 22.7. The predicted octanol–water partition coefficient (Wildman–Crippen LogP) is 3.50. The van der Waals surface area contributed by atoms with Gasteiger partial charge < -0.3 is 29.8 Å². The van der Waals surface area contributed by atoms with Crippen molar-refractivity contribution >= 4 is 34.2 Å². The molecule has 0 fully saturated rings. The highest BCUT2D eigenvalue weighted by Gasteiger charge is 2.18. The van der Waals surface area contributed by atoms with Gasteiger partial charge in [-0.15, -0.1) is 0 Å². The van der Waals surface area contributed by atoms with Crippen LogP contribution in [0.2, 0.25) is 0 Å². The Morgan fingerprint density at radius 3 is 2.22 bits per heavy atom. The highest BCUT2D eigenvalue weighted by Crippen LogP contribution is 2.26. The molecule has 0 bridgehead atoms. The Morgan fingerprint density at radius 1 is 0.780 bits per heavy atom. The summed E-state index contributed by atoms with van der Waals surface area (Å²) in [5.41, 5.74) is 4.08. The van der Waals surface area contributed by atoms with E-state index in [2.05, 4.69) is 25.6 Å². The van der Waals surface area contributed by atoms with Crippen LogP contribution in [0.15, 0.2) is 73.1 Å². The van der Waals surface area contributed by atoms with E-state index in [0.29, 0.717) is 39.9 Å². The third-order valence-electron chi connectivity index (χ3n) is 6.21. The van der Waals surface area contributed by atoms with E-state index < -0.39 is 0 Å². The monoisotopic (exact) mass is 555 g/mol. The number of nitrogens with zero attached hydrogens (tertiary/aromatic N) is 3. The van der Waals surface area contributed by atoms with Crippen molar-refractivity contribution < 1.29 is 33.4 Å². The quantitative estimate of drug-likeness (QED) is 0.235. The molecule has 41 heavy (non-hydrogen) atoms. The van der Waals surface area contributed by atoms with Gasteiger partial charge in [-0.3, -0.25) is 14.4 Å². The summed E-state index contributed by atoms with van der Waals surface area (Å²) in [5, 5.41) is 5.72. The average molecular weight is 556 g/mol. The van der Waals surface area contributed by atoms with Gasteiger partial charge in [-0.25, -0.2) is 4.98 Å². The first kappa shape index (κ1) is 26.9. The minimum atomic E-state index is -0.379. The predicted molar refractivity (Wildman–Crippen MR) is 150 cm³/mol. The Balaban J connectivity index is 1.30. The Hall–Kier alpha value is -5.65. The molecule has 0 aliphatic carbocycles. The lowest BCUT2D eigenvalue weighted by molar-refractivity contribution is -0.885. The van der Waals surface area contributed by atoms with Crippen LogP contribution < -0.4 is 34.4 Å². The molecule has 5 rings (SSSR count). The molecule has 3 aromatic heterocycles. The second-order valence-corrected chi connectivity index (χ2v) is 8.68. The zero-order chi connectivity index (χ0) is 28.9. The molecule has 0 saturated carbocycles. The standard InChI is InChI=1S/C29H26N6O6/c1-38-24-16-35(41-4)14-13-20(24)27(36)30-18-7-5-17(6-8-18)26-32-22-11-9-19(15-23(22)33-26)31-28(37)21-10-12-25(39-2)34-29(21)40-3/h5-16H,1-4H3,(H2,30,31,33,36,37)/p+1. The van der Waals surface area contributed by atoms with Crippen molar-refractivity contribution in [3.63, 3.8) is 0 Å². The number of fused-ring (bicyclic) bond motifs is 1. The maximum atomic E-state index is 12.9. The van der Waals surface area contributed by atoms with E-state index in [1.807, 2.05) is 18.2 Å². The van der Waals surface area contributed by atoms with Gasteiger partial charge in [0.1, 0.15) is 18.5 Å². The number of ether oxygens (including phenoxy) is 3. The first-order chi connectivity index (χ1) is 19.9. The number of amides is 2. The van der Waals surface area contributed by atoms with E-state index in [4.69, 9.17) is 19.0 Å². The van der Waals surface area contributed by atoms with Crippen LogP contribution >= 0.6 is 0 Å². The lowest BCUT2D eigenvalue weighted by Crippen LogP contribution is -2.40. The Labute approximate surface area is 234 Å². The normalized spacial score (nSPS) is 10.6. The molecule has 5 aromatic rings. The van der Waals surface area contributed by atoms with E-state index in [0.717, 1.165) is 11.1 Å². The molecule has 12 heteroatoms. The molecular weight excluding hydrogens is 528 g/mol. The maximum absolute atomic E-state index is 12.9. The molecule has 3 N–H and O–H groups in total. The Bertz CT molecular complexity index is 1730. The van der Waals surface area contributed by atoms with Crippen LogP contribution in [0, 0.1) is 0 Å². The van der Waals surface area contributed by atoms with Crippen LogP contribution in [0.3, 0.4) is 0 Å². The number of methoxy groups -OCH3 is 3. The minimum absolute atomic E-state index is 0.159. The zero-order valence-electron chi connectivity index (χ0n) is 22.7. The van der Waals surface area contributed by atoms with Crippen molar-refractivity contribution in [2.75, 3.05) is 39.1 Å². The molecule has 12 nitrogen and oxygen atoms in total. The van der Waals surface area contributed by atoms with E-state index in [9.17, 15) is 9.59 Å². The number of anilines is 2. The molecule has 0 saturated heterocycles. The van der Waals surface area contributed by atoms with Gasteiger partial charge in [-0.2, -0.15) is 4.98 Å². The summed E-state index contributed by atoms with van der Waals surface area (Å²) in [4.78, 5) is 42.9. The van der Waals surface area contributed by atoms with Gasteiger partial charge in [0.2, 0.25) is 23.7 Å². The summed E-state index contributed by atoms with van der Waals surface area (Å²) in [6.45, 7) is 0. The number of pyridine rings is 2. The molecule has 0 aliphatic heterocycles. The molecule has 0 spiro atoms. The number of H-pyrrole nitrogens is 1. The van der Waals surface area contributed by atoms with E-state index >= 15 is 0 Å². The van der Waals surface area contributed by atoms with Crippen LogP contribution in [-0.2, 0) is 0 Å². The van der Waals surface area contributed by atoms with Crippen LogP contribution in [0.4, 0.5) is 11.4 Å². The number of carbonyl (C=O) groups is 2. The summed E-state index contributed by atoms with van der Waals surface area (Å²) in [7, 11) is 5.93. The average Bonchev–Trinajstić information content (AvgIpc) is 3.44. The van der Waals surface area contributed by atoms with Crippen molar-refractivity contribution in [3.05, 3.63) is 84.2 Å². The van der Waals surface area contributed by atoms with Crippen LogP contribution in [0.1, 0.15) is 20.7 Å². The molecule has 208 valence electrons. The molecule has 0 aliphatic rings. The summed E-state index contributed by atoms with van der Waals surface area (Å²) in [5.74, 6) is 0.815. The Kier molecular flexibility index (Phi) is 7.63. The number of rotatable bonds is 9. The van der Waals surface area contributed by atoms with Crippen LogP contribution in [-0.4, -0.2) is 55.2 Å². The van der Waals surface area contributed by atoms with Crippen molar-refractivity contribution in [1.82, 2.24) is 15.0 Å². The molecule has 3 heterocycles. The first-order valence-corrected chi connectivity index (χ1v) is 12.4. The molecule has 0 unspecified atom stereocenters. The second kappa shape index (κ2) is 11.6. The number of aromatic nitrogens is 4. The lowest BCUT2D eigenvalue weighted by Gasteiger charge is -2.09. The van der Waals surface area contributed by atoms with Gasteiger partial charge in [0.25, 0.3) is 18.0 Å². The fourth-order valence-corrected chi connectivity index (χ4v) is 4.12. The number of hydrogen-bond donors (Lipinski definition) is 3. The minimum Gasteiger partial charge on any atom is -0.490 e.